The number of nitrogens with zero attached hydrogens (tertiary/aromatic N) is 1. The summed E-state index contributed by atoms with van der Waals surface area (Å²) in [6.45, 7) is -1.34. The van der Waals surface area contributed by atoms with Gasteiger partial charge in [-0.3, -0.25) is 14.9 Å². The number of unbranched alkanes of at least 4 members (excludes halogenated alkanes) is 3. The molecule has 3 amide bonds. The fraction of sp³-hybridized carbons (Fsp3) is 0.875. The second kappa shape index (κ2) is 14.6. The topological polar surface area (TPSA) is 157 Å². The highest BCUT2D eigenvalue weighted by molar-refractivity contribution is 6.04. The van der Waals surface area contributed by atoms with Gasteiger partial charge in [0.2, 0.25) is 0 Å². The Hall–Kier alpha value is -1.75. The van der Waals surface area contributed by atoms with E-state index in [2.05, 4.69) is 5.32 Å². The first-order valence-corrected chi connectivity index (χ1v) is 12.6. The summed E-state index contributed by atoms with van der Waals surface area (Å²) in [7, 11) is 0. The van der Waals surface area contributed by atoms with Gasteiger partial charge in [-0.05, 0) is 38.0 Å². The van der Waals surface area contributed by atoms with Crippen molar-refractivity contribution >= 4 is 17.9 Å². The second-order valence-electron chi connectivity index (χ2n) is 9.85. The number of hydrogen-bond acceptors (Lipinski definition) is 8. The first-order chi connectivity index (χ1) is 16.4. The molecule has 0 aromatic rings. The van der Waals surface area contributed by atoms with E-state index in [0.717, 1.165) is 44.9 Å². The maximum absolute atomic E-state index is 12.2. The van der Waals surface area contributed by atoms with Crippen LogP contribution in [0.1, 0.15) is 77.0 Å². The number of carbonyl (C=O) groups excluding carboxylic acids is 3. The van der Waals surface area contributed by atoms with Gasteiger partial charge in [-0.15, -0.1) is 0 Å². The highest BCUT2D eigenvalue weighted by atomic mass is 16.5. The molecule has 1 saturated carbocycles. The Kier molecular flexibility index (Phi) is 12.2. The number of nitrogens with one attached hydrogen (secondary N) is 1. The standard InChI is InChI=1S/C24H42N2O8/c27-14-24(15-28,16-29)17-34-21(31)11-7-2-1-6-10-19-22(32)25-23(33)26(19)13-12-20(30)18-8-4-3-5-9-18/h18-20,27-30H,1-17H2,(H,25,32,33)/t19-,20?/m0/s1. The molecule has 2 aliphatic rings. The number of amides is 3. The third-order valence-corrected chi connectivity index (χ3v) is 7.18. The molecule has 10 heteroatoms. The van der Waals surface area contributed by atoms with Crippen LogP contribution in [-0.4, -0.2) is 88.4 Å². The molecule has 196 valence electrons. The summed E-state index contributed by atoms with van der Waals surface area (Å²) in [5.74, 6) is -0.461. The van der Waals surface area contributed by atoms with Gasteiger partial charge in [0.15, 0.2) is 0 Å². The van der Waals surface area contributed by atoms with Gasteiger partial charge in [-0.1, -0.05) is 38.5 Å². The number of rotatable bonds is 16. The molecule has 0 aromatic heterocycles. The van der Waals surface area contributed by atoms with Gasteiger partial charge in [0.25, 0.3) is 5.91 Å². The highest BCUT2D eigenvalue weighted by Gasteiger charge is 2.38. The maximum Gasteiger partial charge on any atom is 0.324 e. The Bertz CT molecular complexity index is 641. The van der Waals surface area contributed by atoms with E-state index in [1.54, 1.807) is 4.90 Å². The second-order valence-corrected chi connectivity index (χ2v) is 9.85. The number of ether oxygens (including phenoxy) is 1. The van der Waals surface area contributed by atoms with Crippen LogP contribution in [0.3, 0.4) is 0 Å². The lowest BCUT2D eigenvalue weighted by Crippen LogP contribution is -2.39. The van der Waals surface area contributed by atoms with Crippen molar-refractivity contribution in [3.8, 4) is 0 Å². The Labute approximate surface area is 201 Å². The molecule has 1 heterocycles. The lowest BCUT2D eigenvalue weighted by Gasteiger charge is -2.29. The number of urea groups is 1. The molecule has 1 aliphatic carbocycles. The molecule has 0 spiro atoms. The first kappa shape index (κ1) is 28.5. The quantitative estimate of drug-likeness (QED) is 0.123. The van der Waals surface area contributed by atoms with E-state index in [4.69, 9.17) is 4.74 Å². The monoisotopic (exact) mass is 486 g/mol. The van der Waals surface area contributed by atoms with Crippen molar-refractivity contribution in [1.29, 1.82) is 0 Å². The van der Waals surface area contributed by atoms with Crippen LogP contribution in [0.15, 0.2) is 0 Å². The Morgan fingerprint density at radius 2 is 1.68 bits per heavy atom. The predicted molar refractivity (Wildman–Crippen MR) is 124 cm³/mol. The summed E-state index contributed by atoms with van der Waals surface area (Å²) in [6, 6.07) is -0.905. The molecule has 1 aliphatic heterocycles. The average molecular weight is 487 g/mol. The third kappa shape index (κ3) is 8.48. The van der Waals surface area contributed by atoms with Gasteiger partial charge in [-0.2, -0.15) is 0 Å². The van der Waals surface area contributed by atoms with Crippen LogP contribution in [-0.2, 0) is 14.3 Å². The van der Waals surface area contributed by atoms with Crippen LogP contribution in [0.5, 0.6) is 0 Å². The largest absolute Gasteiger partial charge is 0.465 e. The first-order valence-electron chi connectivity index (χ1n) is 12.6. The molecule has 1 saturated heterocycles. The summed E-state index contributed by atoms with van der Waals surface area (Å²) >= 11 is 0. The van der Waals surface area contributed by atoms with E-state index in [1.807, 2.05) is 0 Å². The lowest BCUT2D eigenvalue weighted by molar-refractivity contribution is -0.151. The zero-order chi connectivity index (χ0) is 25.0. The van der Waals surface area contributed by atoms with Crippen molar-refractivity contribution in [3.05, 3.63) is 0 Å². The fourth-order valence-electron chi connectivity index (χ4n) is 4.67. The molecule has 2 rings (SSSR count). The summed E-state index contributed by atoms with van der Waals surface area (Å²) < 4.78 is 5.06. The summed E-state index contributed by atoms with van der Waals surface area (Å²) in [4.78, 5) is 37.8. The molecule has 0 aromatic carbocycles. The molecule has 34 heavy (non-hydrogen) atoms. The zero-order valence-electron chi connectivity index (χ0n) is 20.1. The summed E-state index contributed by atoms with van der Waals surface area (Å²) in [6.07, 6.45) is 9.16. The molecule has 0 bridgehead atoms. The van der Waals surface area contributed by atoms with Crippen LogP contribution in [0.2, 0.25) is 0 Å². The van der Waals surface area contributed by atoms with Gasteiger partial charge < -0.3 is 30.1 Å². The number of hydrogen-bond donors (Lipinski definition) is 5. The third-order valence-electron chi connectivity index (χ3n) is 7.18. The number of esters is 1. The van der Waals surface area contributed by atoms with Crippen molar-refractivity contribution in [2.75, 3.05) is 33.0 Å². The lowest BCUT2D eigenvalue weighted by atomic mass is 9.84. The van der Waals surface area contributed by atoms with Crippen molar-refractivity contribution in [2.24, 2.45) is 11.3 Å². The molecule has 5 N–H and O–H groups in total. The number of aliphatic hydroxyl groups is 4. The Morgan fingerprint density at radius 3 is 2.32 bits per heavy atom. The van der Waals surface area contributed by atoms with Crippen LogP contribution in [0.4, 0.5) is 4.79 Å². The van der Waals surface area contributed by atoms with Crippen LogP contribution in [0, 0.1) is 11.3 Å². The van der Waals surface area contributed by atoms with Crippen molar-refractivity contribution in [1.82, 2.24) is 10.2 Å². The fourth-order valence-corrected chi connectivity index (χ4v) is 4.67. The predicted octanol–water partition coefficient (Wildman–Crippen LogP) is 1.09. The van der Waals surface area contributed by atoms with Gasteiger partial charge in [0, 0.05) is 13.0 Å². The molecule has 2 atom stereocenters. The minimum atomic E-state index is -1.23. The van der Waals surface area contributed by atoms with Gasteiger partial charge in [0.05, 0.1) is 31.3 Å². The van der Waals surface area contributed by atoms with Crippen LogP contribution < -0.4 is 5.32 Å². The zero-order valence-corrected chi connectivity index (χ0v) is 20.1. The average Bonchev–Trinajstić information content (AvgIpc) is 3.13. The Morgan fingerprint density at radius 1 is 1.03 bits per heavy atom. The highest BCUT2D eigenvalue weighted by Crippen LogP contribution is 2.28. The van der Waals surface area contributed by atoms with E-state index >= 15 is 0 Å². The van der Waals surface area contributed by atoms with Gasteiger partial charge >= 0.3 is 12.0 Å². The molecular weight excluding hydrogens is 444 g/mol. The van der Waals surface area contributed by atoms with Crippen LogP contribution in [0.25, 0.3) is 0 Å². The number of carbonyl (C=O) groups is 3. The SMILES string of the molecule is O=C(CCCCCC[C@H]1C(=O)NC(=O)N1CCC(O)C1CCCCC1)OCC(CO)(CO)CO. The van der Waals surface area contributed by atoms with Crippen LogP contribution >= 0.6 is 0 Å². The minimum absolute atomic E-state index is 0.186. The normalized spacial score (nSPS) is 20.5. The smallest absolute Gasteiger partial charge is 0.324 e. The van der Waals surface area contributed by atoms with Gasteiger partial charge in [0.1, 0.15) is 12.6 Å². The van der Waals surface area contributed by atoms with Gasteiger partial charge in [-0.25, -0.2) is 4.79 Å². The number of imide groups is 1. The maximum atomic E-state index is 12.2. The van der Waals surface area contributed by atoms with E-state index < -0.39 is 49.4 Å². The molecule has 10 nitrogen and oxygen atoms in total. The summed E-state index contributed by atoms with van der Waals surface area (Å²) in [5, 5.41) is 40.6. The van der Waals surface area contributed by atoms with E-state index in [-0.39, 0.29) is 24.9 Å². The van der Waals surface area contributed by atoms with Crippen molar-refractivity contribution < 1.29 is 39.5 Å². The van der Waals surface area contributed by atoms with E-state index in [1.165, 1.54) is 6.42 Å². The van der Waals surface area contributed by atoms with E-state index in [9.17, 15) is 34.8 Å². The molecule has 0 radical (unpaired) electrons. The molecule has 1 unspecified atom stereocenters. The molecular formula is C24H42N2O8. The number of aliphatic hydroxyl groups excluding tert-OH is 4. The molecule has 2 fully saturated rings. The minimum Gasteiger partial charge on any atom is -0.465 e. The Balaban J connectivity index is 1.64. The van der Waals surface area contributed by atoms with E-state index in [0.29, 0.717) is 25.8 Å². The van der Waals surface area contributed by atoms with Crippen molar-refractivity contribution in [3.63, 3.8) is 0 Å². The van der Waals surface area contributed by atoms with Crippen molar-refractivity contribution in [2.45, 2.75) is 89.2 Å². The summed E-state index contributed by atoms with van der Waals surface area (Å²) in [5.41, 5.74) is -1.23.